The van der Waals surface area contributed by atoms with E-state index in [1.807, 2.05) is 24.3 Å². The van der Waals surface area contributed by atoms with Gasteiger partial charge in [-0.3, -0.25) is 0 Å². The van der Waals surface area contributed by atoms with Crippen molar-refractivity contribution in [2.45, 2.75) is 31.6 Å². The van der Waals surface area contributed by atoms with Crippen LogP contribution in [0.4, 0.5) is 0 Å². The molecule has 0 bridgehead atoms. The first-order valence-electron chi connectivity index (χ1n) is 8.16. The maximum Gasteiger partial charge on any atom is 0.241 e. The second-order valence-corrected chi connectivity index (χ2v) is 7.61. The van der Waals surface area contributed by atoms with Crippen LogP contribution in [0.5, 0.6) is 11.5 Å². The summed E-state index contributed by atoms with van der Waals surface area (Å²) in [7, 11) is -0.350. The van der Waals surface area contributed by atoms with Crippen LogP contribution in [0.3, 0.4) is 0 Å². The molecule has 0 aromatic heterocycles. The fourth-order valence-electron chi connectivity index (χ4n) is 2.92. The van der Waals surface area contributed by atoms with E-state index < -0.39 is 10.0 Å². The Morgan fingerprint density at radius 2 is 1.64 bits per heavy atom. The molecule has 0 radical (unpaired) electrons. The lowest BCUT2D eigenvalue weighted by molar-refractivity contribution is 0.409. The summed E-state index contributed by atoms with van der Waals surface area (Å²) in [5.41, 5.74) is 2.42. The van der Waals surface area contributed by atoms with E-state index in [2.05, 4.69) is 4.72 Å². The summed E-state index contributed by atoms with van der Waals surface area (Å²) in [5, 5.41) is 0. The fourth-order valence-corrected chi connectivity index (χ4v) is 4.44. The summed E-state index contributed by atoms with van der Waals surface area (Å²) >= 11 is 0. The molecule has 2 aromatic rings. The number of hydrogen-bond acceptors (Lipinski definition) is 4. The average Bonchev–Trinajstić information content (AvgIpc) is 2.58. The summed E-state index contributed by atoms with van der Waals surface area (Å²) in [6.45, 7) is 3.92. The molecule has 2 aromatic carbocycles. The number of nitrogens with one attached hydrogen (secondary N) is 1. The smallest absolute Gasteiger partial charge is 0.241 e. The van der Waals surface area contributed by atoms with Gasteiger partial charge >= 0.3 is 0 Å². The summed E-state index contributed by atoms with van der Waals surface area (Å²) in [6.07, 6.45) is 1.43. The molecule has 5 nitrogen and oxygen atoms in total. The highest BCUT2D eigenvalue weighted by Gasteiger charge is 2.20. The van der Waals surface area contributed by atoms with Gasteiger partial charge in [-0.25, -0.2) is 13.1 Å². The van der Waals surface area contributed by atoms with E-state index >= 15 is 0 Å². The molecule has 0 aliphatic carbocycles. The Morgan fingerprint density at radius 3 is 2.24 bits per heavy atom. The van der Waals surface area contributed by atoms with Gasteiger partial charge in [0.2, 0.25) is 10.0 Å². The number of para-hydroxylation sites is 1. The van der Waals surface area contributed by atoms with Crippen LogP contribution in [0.1, 0.15) is 23.1 Å². The minimum atomic E-state index is -3.55. The minimum Gasteiger partial charge on any atom is -0.497 e. The second kappa shape index (κ2) is 8.36. The third kappa shape index (κ3) is 4.74. The number of ether oxygens (including phenoxy) is 2. The van der Waals surface area contributed by atoms with Gasteiger partial charge in [-0.15, -0.1) is 0 Å². The van der Waals surface area contributed by atoms with E-state index in [0.717, 1.165) is 17.7 Å². The van der Waals surface area contributed by atoms with Gasteiger partial charge in [0.25, 0.3) is 0 Å². The molecule has 0 amide bonds. The quantitative estimate of drug-likeness (QED) is 0.732. The van der Waals surface area contributed by atoms with E-state index in [-0.39, 0.29) is 0 Å². The number of methoxy groups -OCH3 is 2. The predicted octanol–water partition coefficient (Wildman–Crippen LogP) is 3.23. The van der Waals surface area contributed by atoms with Crippen molar-refractivity contribution in [1.29, 1.82) is 0 Å². The Balaban J connectivity index is 2.03. The van der Waals surface area contributed by atoms with Crippen molar-refractivity contribution < 1.29 is 17.9 Å². The zero-order valence-electron chi connectivity index (χ0n) is 15.1. The lowest BCUT2D eigenvalue weighted by atomic mass is 10.1. The van der Waals surface area contributed by atoms with Crippen molar-refractivity contribution in [1.82, 2.24) is 4.72 Å². The van der Waals surface area contributed by atoms with Gasteiger partial charge in [0.1, 0.15) is 11.5 Å². The van der Waals surface area contributed by atoms with Crippen LogP contribution in [-0.4, -0.2) is 29.2 Å². The lowest BCUT2D eigenvalue weighted by Crippen LogP contribution is -2.26. The van der Waals surface area contributed by atoms with Crippen LogP contribution in [0.25, 0.3) is 0 Å². The van der Waals surface area contributed by atoms with Crippen molar-refractivity contribution >= 4 is 10.0 Å². The van der Waals surface area contributed by atoms with Gasteiger partial charge in [0, 0.05) is 6.54 Å². The molecule has 0 saturated carbocycles. The van der Waals surface area contributed by atoms with Crippen LogP contribution in [-0.2, 0) is 16.4 Å². The van der Waals surface area contributed by atoms with E-state index in [1.54, 1.807) is 40.2 Å². The lowest BCUT2D eigenvalue weighted by Gasteiger charge is -2.14. The van der Waals surface area contributed by atoms with E-state index in [1.165, 1.54) is 0 Å². The maximum absolute atomic E-state index is 12.6. The third-order valence-electron chi connectivity index (χ3n) is 4.05. The number of benzene rings is 2. The van der Waals surface area contributed by atoms with Crippen molar-refractivity contribution in [2.75, 3.05) is 20.8 Å². The number of aryl methyl sites for hydroxylation is 3. The van der Waals surface area contributed by atoms with Crippen LogP contribution >= 0.6 is 0 Å². The van der Waals surface area contributed by atoms with Crippen LogP contribution in [0, 0.1) is 13.8 Å². The molecule has 25 heavy (non-hydrogen) atoms. The van der Waals surface area contributed by atoms with Crippen molar-refractivity contribution in [3.05, 3.63) is 53.1 Å². The molecular weight excluding hydrogens is 338 g/mol. The summed E-state index contributed by atoms with van der Waals surface area (Å²) < 4.78 is 38.5. The first-order valence-corrected chi connectivity index (χ1v) is 9.64. The topological polar surface area (TPSA) is 64.6 Å². The van der Waals surface area contributed by atoms with E-state index in [0.29, 0.717) is 34.7 Å². The van der Waals surface area contributed by atoms with Crippen LogP contribution in [0.15, 0.2) is 41.3 Å². The molecule has 0 heterocycles. The van der Waals surface area contributed by atoms with Gasteiger partial charge in [-0.1, -0.05) is 18.2 Å². The number of sulfonamides is 1. The zero-order valence-corrected chi connectivity index (χ0v) is 15.9. The molecule has 0 spiro atoms. The van der Waals surface area contributed by atoms with Gasteiger partial charge < -0.3 is 9.47 Å². The van der Waals surface area contributed by atoms with Gasteiger partial charge in [0.15, 0.2) is 0 Å². The zero-order chi connectivity index (χ0) is 18.4. The fraction of sp³-hybridized carbons (Fsp3) is 0.368. The predicted molar refractivity (Wildman–Crippen MR) is 99.0 cm³/mol. The van der Waals surface area contributed by atoms with Crippen LogP contribution in [0.2, 0.25) is 0 Å². The standard InChI is InChI=1S/C19H25NO4S/c1-14-12-17(23-3)13-15(2)19(14)25(21,22)20-11-7-9-16-8-5-6-10-18(16)24-4/h5-6,8,10,12-13,20H,7,9,11H2,1-4H3. The molecule has 0 unspecified atom stereocenters. The Bertz CT molecular complexity index is 808. The third-order valence-corrected chi connectivity index (χ3v) is 5.81. The maximum atomic E-state index is 12.6. The summed E-state index contributed by atoms with van der Waals surface area (Å²) in [6, 6.07) is 11.2. The highest BCUT2D eigenvalue weighted by Crippen LogP contribution is 2.25. The Kier molecular flexibility index (Phi) is 6.45. The largest absolute Gasteiger partial charge is 0.497 e. The van der Waals surface area contributed by atoms with Crippen molar-refractivity contribution in [3.63, 3.8) is 0 Å². The number of rotatable bonds is 8. The second-order valence-electron chi connectivity index (χ2n) is 5.90. The molecule has 6 heteroatoms. The first-order chi connectivity index (χ1) is 11.9. The molecule has 0 atom stereocenters. The highest BCUT2D eigenvalue weighted by atomic mass is 32.2. The minimum absolute atomic E-state index is 0.325. The molecule has 0 fully saturated rings. The Morgan fingerprint density at radius 1 is 1.00 bits per heavy atom. The molecule has 0 saturated heterocycles. The Labute approximate surface area is 150 Å². The van der Waals surface area contributed by atoms with Crippen LogP contribution < -0.4 is 14.2 Å². The molecule has 0 aliphatic heterocycles. The molecule has 2 rings (SSSR count). The van der Waals surface area contributed by atoms with Gasteiger partial charge in [0.05, 0.1) is 19.1 Å². The normalized spacial score (nSPS) is 11.4. The molecular formula is C19H25NO4S. The van der Waals surface area contributed by atoms with Crippen molar-refractivity contribution in [3.8, 4) is 11.5 Å². The summed E-state index contributed by atoms with van der Waals surface area (Å²) in [5.74, 6) is 1.48. The van der Waals surface area contributed by atoms with E-state index in [9.17, 15) is 8.42 Å². The van der Waals surface area contributed by atoms with E-state index in [4.69, 9.17) is 9.47 Å². The molecule has 136 valence electrons. The van der Waals surface area contributed by atoms with Crippen molar-refractivity contribution in [2.24, 2.45) is 0 Å². The first kappa shape index (κ1) is 19.3. The number of hydrogen-bond donors (Lipinski definition) is 1. The molecule has 0 aliphatic rings. The molecule has 1 N–H and O–H groups in total. The van der Waals surface area contributed by atoms with Gasteiger partial charge in [-0.05, 0) is 61.6 Å². The monoisotopic (exact) mass is 363 g/mol. The average molecular weight is 363 g/mol. The highest BCUT2D eigenvalue weighted by molar-refractivity contribution is 7.89. The Hall–Kier alpha value is -2.05. The SMILES string of the molecule is COc1cc(C)c(S(=O)(=O)NCCCc2ccccc2OC)c(C)c1. The van der Waals surface area contributed by atoms with Gasteiger partial charge in [-0.2, -0.15) is 0 Å². The summed E-state index contributed by atoms with van der Waals surface area (Å²) in [4.78, 5) is 0.325.